The van der Waals surface area contributed by atoms with Crippen LogP contribution in [-0.4, -0.2) is 15.6 Å². The van der Waals surface area contributed by atoms with Crippen molar-refractivity contribution in [1.82, 2.24) is 9.78 Å². The highest BCUT2D eigenvalue weighted by Gasteiger charge is 2.16. The first-order valence-corrected chi connectivity index (χ1v) is 6.27. The molecule has 0 saturated carbocycles. The normalized spacial score (nSPS) is 10.8. The lowest BCUT2D eigenvalue weighted by atomic mass is 10.1. The quantitative estimate of drug-likeness (QED) is 0.806. The van der Waals surface area contributed by atoms with Crippen LogP contribution >= 0.6 is 11.6 Å². The van der Waals surface area contributed by atoms with Crippen LogP contribution in [0.5, 0.6) is 0 Å². The molecule has 0 N–H and O–H groups in total. The van der Waals surface area contributed by atoms with E-state index in [1.54, 1.807) is 23.7 Å². The summed E-state index contributed by atoms with van der Waals surface area (Å²) < 4.78 is 15.4. The molecule has 0 atom stereocenters. The van der Waals surface area contributed by atoms with Crippen molar-refractivity contribution in [3.05, 3.63) is 51.6 Å². The molecule has 0 bridgehead atoms. The number of benzene rings is 1. The molecule has 0 radical (unpaired) electrons. The second kappa shape index (κ2) is 5.13. The minimum absolute atomic E-state index is 0.0298. The van der Waals surface area contributed by atoms with E-state index in [1.807, 2.05) is 6.92 Å². The summed E-state index contributed by atoms with van der Waals surface area (Å²) in [5.74, 6) is -0.401. The van der Waals surface area contributed by atoms with Gasteiger partial charge in [0.1, 0.15) is 5.82 Å². The van der Waals surface area contributed by atoms with Crippen LogP contribution in [0.4, 0.5) is 4.39 Å². The predicted molar refractivity (Wildman–Crippen MR) is 72.2 cm³/mol. The monoisotopic (exact) mass is 280 g/mol. The van der Waals surface area contributed by atoms with E-state index < -0.39 is 0 Å². The van der Waals surface area contributed by atoms with Crippen molar-refractivity contribution >= 4 is 17.4 Å². The molecule has 0 saturated heterocycles. The van der Waals surface area contributed by atoms with E-state index in [4.69, 9.17) is 11.6 Å². The Bertz CT molecular complexity index is 649. The molecule has 1 heterocycles. The summed E-state index contributed by atoms with van der Waals surface area (Å²) >= 11 is 5.72. The highest BCUT2D eigenvalue weighted by atomic mass is 35.5. The highest BCUT2D eigenvalue weighted by molar-refractivity contribution is 6.30. The minimum atomic E-state index is -0.371. The molecular weight excluding hydrogens is 267 g/mol. The van der Waals surface area contributed by atoms with Crippen molar-refractivity contribution in [2.24, 2.45) is 0 Å². The van der Waals surface area contributed by atoms with Crippen molar-refractivity contribution in [3.8, 4) is 0 Å². The Kier molecular flexibility index (Phi) is 3.71. The maximum atomic E-state index is 13.7. The topological polar surface area (TPSA) is 34.9 Å². The van der Waals surface area contributed by atoms with Crippen molar-refractivity contribution in [1.29, 1.82) is 0 Å². The molecule has 19 heavy (non-hydrogen) atoms. The van der Waals surface area contributed by atoms with Gasteiger partial charge in [-0.1, -0.05) is 17.7 Å². The Hall–Kier alpha value is -1.68. The first-order chi connectivity index (χ1) is 8.90. The molecule has 3 nitrogen and oxygen atoms in total. The van der Waals surface area contributed by atoms with Crippen LogP contribution in [-0.2, 0) is 6.54 Å². The third-order valence-corrected chi connectivity index (χ3v) is 3.30. The summed E-state index contributed by atoms with van der Waals surface area (Å²) in [6.07, 6.45) is 0. The van der Waals surface area contributed by atoms with E-state index in [2.05, 4.69) is 5.10 Å². The van der Waals surface area contributed by atoms with E-state index in [0.29, 0.717) is 21.8 Å². The van der Waals surface area contributed by atoms with Gasteiger partial charge in [0, 0.05) is 16.3 Å². The zero-order valence-electron chi connectivity index (χ0n) is 11.0. The van der Waals surface area contributed by atoms with Crippen LogP contribution in [0.1, 0.15) is 34.2 Å². The molecule has 0 amide bonds. The number of carbonyl (C=O) groups excluding carboxylic acids is 1. The molecule has 0 fully saturated rings. The van der Waals surface area contributed by atoms with Crippen molar-refractivity contribution in [2.45, 2.75) is 27.3 Å². The van der Waals surface area contributed by atoms with E-state index in [9.17, 15) is 9.18 Å². The molecule has 5 heteroatoms. The van der Waals surface area contributed by atoms with E-state index in [1.165, 1.54) is 13.0 Å². The van der Waals surface area contributed by atoms with E-state index >= 15 is 0 Å². The fourth-order valence-electron chi connectivity index (χ4n) is 2.17. The van der Waals surface area contributed by atoms with Gasteiger partial charge in [-0.2, -0.15) is 5.10 Å². The summed E-state index contributed by atoms with van der Waals surface area (Å²) in [4.78, 5) is 11.5. The van der Waals surface area contributed by atoms with Crippen LogP contribution in [0.25, 0.3) is 0 Å². The molecule has 100 valence electrons. The molecule has 0 aliphatic carbocycles. The average Bonchev–Trinajstić information content (AvgIpc) is 2.58. The second-order valence-electron chi connectivity index (χ2n) is 4.50. The Morgan fingerprint density at radius 1 is 1.42 bits per heavy atom. The number of aromatic nitrogens is 2. The standard InChI is InChI=1S/C14H14ClFN2O/c1-8-14(10(3)19)9(2)18(17-8)7-11-4-5-12(15)6-13(11)16/h4-6H,7H2,1-3H3. The number of aryl methyl sites for hydroxylation is 1. The Morgan fingerprint density at radius 3 is 2.63 bits per heavy atom. The molecular formula is C14H14ClFN2O. The first-order valence-electron chi connectivity index (χ1n) is 5.89. The van der Waals surface area contributed by atoms with Gasteiger partial charge in [0.25, 0.3) is 0 Å². The maximum absolute atomic E-state index is 13.7. The number of Topliss-reactive ketones (excluding diaryl/α,β-unsaturated/α-hetero) is 1. The van der Waals surface area contributed by atoms with Gasteiger partial charge in [0.15, 0.2) is 5.78 Å². The largest absolute Gasteiger partial charge is 0.294 e. The van der Waals surface area contributed by atoms with E-state index in [0.717, 1.165) is 5.69 Å². The summed E-state index contributed by atoms with van der Waals surface area (Å²) in [5.41, 5.74) is 2.51. The van der Waals surface area contributed by atoms with E-state index in [-0.39, 0.29) is 18.1 Å². The van der Waals surface area contributed by atoms with Gasteiger partial charge in [0.05, 0.1) is 17.8 Å². The summed E-state index contributed by atoms with van der Waals surface area (Å²) in [6.45, 7) is 5.37. The zero-order chi connectivity index (χ0) is 14.2. The van der Waals surface area contributed by atoms with Gasteiger partial charge >= 0.3 is 0 Å². The molecule has 2 aromatic rings. The number of carbonyl (C=O) groups is 1. The predicted octanol–water partition coefficient (Wildman–Crippen LogP) is 3.54. The first kappa shape index (κ1) is 13.7. The Morgan fingerprint density at radius 2 is 2.11 bits per heavy atom. The molecule has 1 aromatic heterocycles. The number of nitrogens with zero attached hydrogens (tertiary/aromatic N) is 2. The molecule has 1 aromatic carbocycles. The van der Waals surface area contributed by atoms with Crippen molar-refractivity contribution in [2.75, 3.05) is 0 Å². The number of hydrogen-bond acceptors (Lipinski definition) is 2. The maximum Gasteiger partial charge on any atom is 0.163 e. The van der Waals surface area contributed by atoms with Gasteiger partial charge in [-0.05, 0) is 32.9 Å². The van der Waals surface area contributed by atoms with Crippen molar-refractivity contribution < 1.29 is 9.18 Å². The van der Waals surface area contributed by atoms with Gasteiger partial charge in [-0.3, -0.25) is 9.48 Å². The summed E-state index contributed by atoms with van der Waals surface area (Å²) in [7, 11) is 0. The summed E-state index contributed by atoms with van der Waals surface area (Å²) in [5, 5.41) is 4.65. The van der Waals surface area contributed by atoms with Gasteiger partial charge in [-0.25, -0.2) is 4.39 Å². The lowest BCUT2D eigenvalue weighted by molar-refractivity contribution is 0.101. The van der Waals surface area contributed by atoms with Gasteiger partial charge in [0.2, 0.25) is 0 Å². The lowest BCUT2D eigenvalue weighted by Crippen LogP contribution is -2.06. The van der Waals surface area contributed by atoms with Crippen LogP contribution in [0, 0.1) is 19.7 Å². The number of rotatable bonds is 3. The molecule has 0 unspecified atom stereocenters. The fraction of sp³-hybridized carbons (Fsp3) is 0.286. The molecule has 0 aliphatic heterocycles. The van der Waals surface area contributed by atoms with Crippen molar-refractivity contribution in [3.63, 3.8) is 0 Å². The number of ketones is 1. The van der Waals surface area contributed by atoms with Crippen LogP contribution in [0.3, 0.4) is 0 Å². The minimum Gasteiger partial charge on any atom is -0.294 e. The summed E-state index contributed by atoms with van der Waals surface area (Å²) in [6, 6.07) is 4.54. The average molecular weight is 281 g/mol. The zero-order valence-corrected chi connectivity index (χ0v) is 11.8. The lowest BCUT2D eigenvalue weighted by Gasteiger charge is -2.06. The smallest absolute Gasteiger partial charge is 0.163 e. The molecule has 0 aliphatic rings. The van der Waals surface area contributed by atoms with Gasteiger partial charge < -0.3 is 0 Å². The third kappa shape index (κ3) is 2.68. The fourth-order valence-corrected chi connectivity index (χ4v) is 2.33. The SMILES string of the molecule is CC(=O)c1c(C)nn(Cc2ccc(Cl)cc2F)c1C. The van der Waals surface area contributed by atoms with Gasteiger partial charge in [-0.15, -0.1) is 0 Å². The number of hydrogen-bond donors (Lipinski definition) is 0. The molecule has 2 rings (SSSR count). The number of halogens is 2. The van der Waals surface area contributed by atoms with Crippen LogP contribution in [0.2, 0.25) is 5.02 Å². The van der Waals surface area contributed by atoms with Crippen LogP contribution in [0.15, 0.2) is 18.2 Å². The Labute approximate surface area is 116 Å². The third-order valence-electron chi connectivity index (χ3n) is 3.07. The second-order valence-corrected chi connectivity index (χ2v) is 4.93. The Balaban J connectivity index is 2.39. The highest BCUT2D eigenvalue weighted by Crippen LogP contribution is 2.18. The van der Waals surface area contributed by atoms with Crippen LogP contribution < -0.4 is 0 Å². The molecule has 0 spiro atoms.